The number of nitrogens with zero attached hydrogens (tertiary/aromatic N) is 1. The van der Waals surface area contributed by atoms with Crippen molar-refractivity contribution in [3.63, 3.8) is 0 Å². The summed E-state index contributed by atoms with van der Waals surface area (Å²) < 4.78 is 30.5. The van der Waals surface area contributed by atoms with Crippen molar-refractivity contribution in [2.24, 2.45) is 0 Å². The third kappa shape index (κ3) is 4.52. The molecule has 0 aromatic heterocycles. The molecular formula is C20H23N3O4S. The molecule has 0 bridgehead atoms. The van der Waals surface area contributed by atoms with Crippen molar-refractivity contribution in [1.82, 2.24) is 10.4 Å². The Morgan fingerprint density at radius 1 is 1.21 bits per heavy atom. The second-order valence-corrected chi connectivity index (χ2v) is 8.40. The number of amides is 1. The molecule has 2 N–H and O–H groups in total. The molecule has 0 radical (unpaired) electrons. The maximum atomic E-state index is 12.6. The van der Waals surface area contributed by atoms with E-state index in [2.05, 4.69) is 10.1 Å². The maximum Gasteiger partial charge on any atom is 0.267 e. The van der Waals surface area contributed by atoms with Crippen LogP contribution in [0.3, 0.4) is 0 Å². The van der Waals surface area contributed by atoms with Gasteiger partial charge in [0.2, 0.25) is 10.0 Å². The van der Waals surface area contributed by atoms with E-state index in [1.54, 1.807) is 6.07 Å². The van der Waals surface area contributed by atoms with E-state index in [-0.39, 0.29) is 18.6 Å². The van der Waals surface area contributed by atoms with E-state index in [0.29, 0.717) is 5.69 Å². The van der Waals surface area contributed by atoms with Crippen LogP contribution in [-0.4, -0.2) is 39.3 Å². The number of carbonyl (C=O) groups excluding carboxylic acids is 1. The lowest BCUT2D eigenvalue weighted by atomic mass is 10.0. The van der Waals surface area contributed by atoms with Gasteiger partial charge in [0.1, 0.15) is 6.61 Å². The van der Waals surface area contributed by atoms with Crippen LogP contribution >= 0.6 is 0 Å². The summed E-state index contributed by atoms with van der Waals surface area (Å²) in [5.41, 5.74) is 7.10. The quantitative estimate of drug-likeness (QED) is 0.776. The standard InChI is InChI=1S/C20H23N3O4S/c1-14-11-16(9-10-17(14)22-28(3,25)26)19-12-18(15-7-5-4-6-8-15)21-23(19)20(24)13-27-2/h4-12,19,21-22H,13H2,1-3H3/t19-/m0/s1. The van der Waals surface area contributed by atoms with Crippen molar-refractivity contribution in [2.45, 2.75) is 13.0 Å². The molecule has 2 aromatic rings. The van der Waals surface area contributed by atoms with Crippen LogP contribution in [0.15, 0.2) is 54.6 Å². The Balaban J connectivity index is 1.96. The fourth-order valence-electron chi connectivity index (χ4n) is 3.09. The minimum absolute atomic E-state index is 0.0495. The third-order valence-electron chi connectivity index (χ3n) is 4.35. The average molecular weight is 401 g/mol. The van der Waals surface area contributed by atoms with Crippen LogP contribution in [0.4, 0.5) is 5.69 Å². The van der Waals surface area contributed by atoms with Gasteiger partial charge in [0.25, 0.3) is 5.91 Å². The number of hydrazine groups is 1. The molecule has 148 valence electrons. The summed E-state index contributed by atoms with van der Waals surface area (Å²) in [7, 11) is -1.89. The summed E-state index contributed by atoms with van der Waals surface area (Å²) in [5, 5.41) is 1.53. The highest BCUT2D eigenvalue weighted by molar-refractivity contribution is 7.92. The zero-order valence-corrected chi connectivity index (χ0v) is 16.8. The van der Waals surface area contributed by atoms with Gasteiger partial charge in [-0.3, -0.25) is 14.9 Å². The molecule has 7 nitrogen and oxygen atoms in total. The summed E-state index contributed by atoms with van der Waals surface area (Å²) in [4.78, 5) is 12.6. The Hall–Kier alpha value is -2.84. The van der Waals surface area contributed by atoms with Crippen molar-refractivity contribution in [3.05, 3.63) is 71.3 Å². The highest BCUT2D eigenvalue weighted by Gasteiger charge is 2.30. The second-order valence-electron chi connectivity index (χ2n) is 6.65. The Bertz CT molecular complexity index is 1000. The minimum Gasteiger partial charge on any atom is -0.375 e. The molecule has 1 heterocycles. The van der Waals surface area contributed by atoms with Crippen molar-refractivity contribution < 1.29 is 17.9 Å². The molecule has 0 saturated carbocycles. The van der Waals surface area contributed by atoms with Crippen molar-refractivity contribution >= 4 is 27.3 Å². The van der Waals surface area contributed by atoms with Crippen LogP contribution < -0.4 is 10.1 Å². The lowest BCUT2D eigenvalue weighted by Crippen LogP contribution is -2.41. The van der Waals surface area contributed by atoms with Crippen LogP contribution in [0.5, 0.6) is 0 Å². The number of rotatable bonds is 6. The van der Waals surface area contributed by atoms with Gasteiger partial charge in [0.15, 0.2) is 0 Å². The molecule has 1 atom stereocenters. The van der Waals surface area contributed by atoms with E-state index in [9.17, 15) is 13.2 Å². The molecule has 1 aliphatic heterocycles. The van der Waals surface area contributed by atoms with Crippen molar-refractivity contribution in [1.29, 1.82) is 0 Å². The first-order valence-corrected chi connectivity index (χ1v) is 10.6. The zero-order chi connectivity index (χ0) is 20.3. The first-order valence-electron chi connectivity index (χ1n) is 8.72. The molecule has 8 heteroatoms. The normalized spacial score (nSPS) is 16.5. The van der Waals surface area contributed by atoms with Crippen molar-refractivity contribution in [2.75, 3.05) is 24.7 Å². The second kappa shape index (κ2) is 8.04. The van der Waals surface area contributed by atoms with Gasteiger partial charge < -0.3 is 4.74 Å². The first-order chi connectivity index (χ1) is 13.3. The summed E-state index contributed by atoms with van der Waals surface area (Å²) >= 11 is 0. The Morgan fingerprint density at radius 3 is 2.54 bits per heavy atom. The van der Waals surface area contributed by atoms with Crippen molar-refractivity contribution in [3.8, 4) is 0 Å². The molecule has 0 spiro atoms. The molecule has 0 saturated heterocycles. The van der Waals surface area contributed by atoms with Crippen LogP contribution in [0, 0.1) is 6.92 Å². The molecule has 28 heavy (non-hydrogen) atoms. The van der Waals surface area contributed by atoms with E-state index in [1.807, 2.05) is 55.5 Å². The van der Waals surface area contributed by atoms with Gasteiger partial charge in [-0.2, -0.15) is 0 Å². The predicted molar refractivity (Wildman–Crippen MR) is 109 cm³/mol. The van der Waals surface area contributed by atoms with Gasteiger partial charge in [-0.05, 0) is 35.8 Å². The number of ether oxygens (including phenoxy) is 1. The predicted octanol–water partition coefficient (Wildman–Crippen LogP) is 2.44. The van der Waals surface area contributed by atoms with Crippen LogP contribution in [0.1, 0.15) is 22.7 Å². The number of hydrogen-bond donors (Lipinski definition) is 2. The molecule has 3 rings (SSSR count). The monoisotopic (exact) mass is 401 g/mol. The summed E-state index contributed by atoms with van der Waals surface area (Å²) in [6.07, 6.45) is 3.09. The molecule has 2 aromatic carbocycles. The van der Waals surface area contributed by atoms with Crippen LogP contribution in [-0.2, 0) is 19.6 Å². The highest BCUT2D eigenvalue weighted by Crippen LogP contribution is 2.33. The molecule has 0 aliphatic carbocycles. The fourth-order valence-corrected chi connectivity index (χ4v) is 3.72. The number of benzene rings is 2. The molecule has 1 amide bonds. The Kier molecular flexibility index (Phi) is 5.71. The van der Waals surface area contributed by atoms with E-state index in [0.717, 1.165) is 28.6 Å². The lowest BCUT2D eigenvalue weighted by molar-refractivity contribution is -0.138. The van der Waals surface area contributed by atoms with E-state index < -0.39 is 10.0 Å². The van der Waals surface area contributed by atoms with Gasteiger partial charge in [-0.15, -0.1) is 0 Å². The average Bonchev–Trinajstić information content (AvgIpc) is 3.09. The topological polar surface area (TPSA) is 87.7 Å². The number of sulfonamides is 1. The Labute approximate surface area is 165 Å². The zero-order valence-electron chi connectivity index (χ0n) is 16.0. The molecule has 1 aliphatic rings. The minimum atomic E-state index is -3.36. The molecule has 0 unspecified atom stereocenters. The number of methoxy groups -OCH3 is 1. The lowest BCUT2D eigenvalue weighted by Gasteiger charge is -2.25. The van der Waals surface area contributed by atoms with Crippen LogP contribution in [0.25, 0.3) is 5.70 Å². The van der Waals surface area contributed by atoms with E-state index >= 15 is 0 Å². The van der Waals surface area contributed by atoms with E-state index in [1.165, 1.54) is 12.1 Å². The SMILES string of the molecule is COCC(=O)N1NC(c2ccccc2)=C[C@H]1c1ccc(NS(C)(=O)=O)c(C)c1. The van der Waals surface area contributed by atoms with Gasteiger partial charge in [0, 0.05) is 7.11 Å². The molecular weight excluding hydrogens is 378 g/mol. The Morgan fingerprint density at radius 2 is 1.93 bits per heavy atom. The molecule has 0 fully saturated rings. The third-order valence-corrected chi connectivity index (χ3v) is 4.94. The summed E-state index contributed by atoms with van der Waals surface area (Å²) in [5.74, 6) is -0.203. The summed E-state index contributed by atoms with van der Waals surface area (Å²) in [6, 6.07) is 14.8. The maximum absolute atomic E-state index is 12.6. The van der Waals surface area contributed by atoms with Gasteiger partial charge in [0.05, 0.1) is 23.7 Å². The fraction of sp³-hybridized carbons (Fsp3) is 0.250. The van der Waals surface area contributed by atoms with Crippen LogP contribution in [0.2, 0.25) is 0 Å². The summed E-state index contributed by atoms with van der Waals surface area (Å²) in [6.45, 7) is 1.77. The number of aryl methyl sites for hydroxylation is 1. The number of hydrogen-bond acceptors (Lipinski definition) is 5. The van der Waals surface area contributed by atoms with Gasteiger partial charge in [-0.25, -0.2) is 13.4 Å². The smallest absolute Gasteiger partial charge is 0.267 e. The van der Waals surface area contributed by atoms with E-state index in [4.69, 9.17) is 4.74 Å². The first kappa shape index (κ1) is 19.9. The van der Waals surface area contributed by atoms with Gasteiger partial charge >= 0.3 is 0 Å². The number of carbonyl (C=O) groups is 1. The number of nitrogens with one attached hydrogen (secondary N) is 2. The van der Waals surface area contributed by atoms with Gasteiger partial charge in [-0.1, -0.05) is 42.5 Å². The largest absolute Gasteiger partial charge is 0.375 e. The highest BCUT2D eigenvalue weighted by atomic mass is 32.2. The number of anilines is 1.